The Morgan fingerprint density at radius 1 is 1.04 bits per heavy atom. The van der Waals surface area contributed by atoms with E-state index in [1.807, 2.05) is 25.1 Å². The van der Waals surface area contributed by atoms with Crippen molar-refractivity contribution < 1.29 is 23.5 Å². The first kappa shape index (κ1) is 17.9. The van der Waals surface area contributed by atoms with Gasteiger partial charge in [0.05, 0.1) is 6.04 Å². The first-order valence-electron chi connectivity index (χ1n) is 8.50. The molecule has 0 aromatic heterocycles. The van der Waals surface area contributed by atoms with Gasteiger partial charge in [-0.2, -0.15) is 0 Å². The lowest BCUT2D eigenvalue weighted by atomic mass is 10.1. The van der Waals surface area contributed by atoms with Crippen molar-refractivity contribution in [3.8, 4) is 11.5 Å². The molecule has 2 aromatic carbocycles. The van der Waals surface area contributed by atoms with Gasteiger partial charge in [0.2, 0.25) is 5.91 Å². The van der Waals surface area contributed by atoms with E-state index < -0.39 is 5.82 Å². The monoisotopic (exact) mass is 357 g/mol. The zero-order chi connectivity index (χ0) is 18.5. The summed E-state index contributed by atoms with van der Waals surface area (Å²) in [6, 6.07) is 10.6. The van der Waals surface area contributed by atoms with Crippen LogP contribution in [0.4, 0.5) is 4.39 Å². The Morgan fingerprint density at radius 3 is 2.46 bits per heavy atom. The molecule has 1 amide bonds. The van der Waals surface area contributed by atoms with Crippen molar-refractivity contribution in [2.45, 2.75) is 25.8 Å². The van der Waals surface area contributed by atoms with E-state index in [-0.39, 0.29) is 30.6 Å². The largest absolute Gasteiger partial charge is 0.486 e. The van der Waals surface area contributed by atoms with E-state index in [9.17, 15) is 14.0 Å². The summed E-state index contributed by atoms with van der Waals surface area (Å²) in [6.07, 6.45) is 0.149. The molecule has 0 fully saturated rings. The number of fused-ring (bicyclic) bond motifs is 1. The Kier molecular flexibility index (Phi) is 5.51. The Bertz CT molecular complexity index is 804. The minimum Gasteiger partial charge on any atom is -0.486 e. The van der Waals surface area contributed by atoms with Gasteiger partial charge >= 0.3 is 0 Å². The van der Waals surface area contributed by atoms with Gasteiger partial charge in [-0.3, -0.25) is 9.59 Å². The van der Waals surface area contributed by atoms with Crippen molar-refractivity contribution >= 4 is 11.7 Å². The van der Waals surface area contributed by atoms with Crippen LogP contribution in [-0.4, -0.2) is 24.9 Å². The van der Waals surface area contributed by atoms with Gasteiger partial charge < -0.3 is 14.8 Å². The van der Waals surface area contributed by atoms with Crippen LogP contribution in [0, 0.1) is 5.82 Å². The van der Waals surface area contributed by atoms with Gasteiger partial charge in [0, 0.05) is 18.4 Å². The highest BCUT2D eigenvalue weighted by molar-refractivity contribution is 5.97. The summed E-state index contributed by atoms with van der Waals surface area (Å²) in [6.45, 7) is 2.90. The van der Waals surface area contributed by atoms with Crippen molar-refractivity contribution in [2.75, 3.05) is 13.2 Å². The van der Waals surface area contributed by atoms with Crippen LogP contribution in [0.25, 0.3) is 0 Å². The fourth-order valence-electron chi connectivity index (χ4n) is 2.73. The van der Waals surface area contributed by atoms with Crippen molar-refractivity contribution in [3.05, 3.63) is 59.4 Å². The summed E-state index contributed by atoms with van der Waals surface area (Å²) in [5, 5.41) is 2.87. The number of Topliss-reactive ketones (excluding diaryl/α,β-unsaturated/α-hetero) is 1. The zero-order valence-electron chi connectivity index (χ0n) is 14.5. The molecule has 1 N–H and O–H groups in total. The molecule has 0 spiro atoms. The van der Waals surface area contributed by atoms with E-state index in [1.165, 1.54) is 24.3 Å². The number of rotatable bonds is 6. The first-order valence-corrected chi connectivity index (χ1v) is 8.50. The maximum Gasteiger partial charge on any atom is 0.220 e. The molecule has 0 saturated heterocycles. The molecule has 136 valence electrons. The van der Waals surface area contributed by atoms with Gasteiger partial charge in [-0.15, -0.1) is 0 Å². The lowest BCUT2D eigenvalue weighted by molar-refractivity contribution is -0.121. The van der Waals surface area contributed by atoms with E-state index in [0.717, 1.165) is 5.56 Å². The number of ketones is 1. The second-order valence-electron chi connectivity index (χ2n) is 6.12. The zero-order valence-corrected chi connectivity index (χ0v) is 14.5. The molecule has 1 aliphatic rings. The summed E-state index contributed by atoms with van der Waals surface area (Å²) in [5.41, 5.74) is 1.30. The standard InChI is InChI=1S/C20H20FNO4/c1-13(15-4-8-18-19(12-15)26-11-10-25-18)22-20(24)9-7-17(23)14-2-5-16(21)6-3-14/h2-6,8,12-13H,7,9-11H2,1H3,(H,22,24). The number of hydrogen-bond acceptors (Lipinski definition) is 4. The summed E-state index contributed by atoms with van der Waals surface area (Å²) in [5.74, 6) is 0.562. The number of amides is 1. The number of hydrogen-bond donors (Lipinski definition) is 1. The average Bonchev–Trinajstić information content (AvgIpc) is 2.66. The normalized spacial score (nSPS) is 13.8. The molecule has 0 bridgehead atoms. The van der Waals surface area contributed by atoms with Crippen molar-refractivity contribution in [2.24, 2.45) is 0 Å². The van der Waals surface area contributed by atoms with E-state index in [4.69, 9.17) is 9.47 Å². The van der Waals surface area contributed by atoms with Crippen molar-refractivity contribution in [1.29, 1.82) is 0 Å². The smallest absolute Gasteiger partial charge is 0.220 e. The predicted octanol–water partition coefficient (Wildman–Crippen LogP) is 3.44. The van der Waals surface area contributed by atoms with Gasteiger partial charge in [0.15, 0.2) is 17.3 Å². The maximum absolute atomic E-state index is 12.9. The van der Waals surface area contributed by atoms with Crippen LogP contribution in [0.3, 0.4) is 0 Å². The quantitative estimate of drug-likeness (QED) is 0.805. The Hall–Kier alpha value is -2.89. The van der Waals surface area contributed by atoms with Gasteiger partial charge in [-0.05, 0) is 48.9 Å². The third-order valence-electron chi connectivity index (χ3n) is 4.19. The Labute approximate surface area is 151 Å². The molecule has 0 saturated carbocycles. The summed E-state index contributed by atoms with van der Waals surface area (Å²) < 4.78 is 23.9. The summed E-state index contributed by atoms with van der Waals surface area (Å²) in [4.78, 5) is 24.2. The lowest BCUT2D eigenvalue weighted by Gasteiger charge is -2.21. The molecule has 3 rings (SSSR count). The molecule has 1 aliphatic heterocycles. The number of nitrogens with one attached hydrogen (secondary N) is 1. The van der Waals surface area contributed by atoms with Crippen LogP contribution in [0.15, 0.2) is 42.5 Å². The van der Waals surface area contributed by atoms with E-state index >= 15 is 0 Å². The minimum absolute atomic E-state index is 0.0745. The van der Waals surface area contributed by atoms with Gasteiger partial charge in [0.25, 0.3) is 0 Å². The number of carbonyl (C=O) groups is 2. The highest BCUT2D eigenvalue weighted by Crippen LogP contribution is 2.32. The summed E-state index contributed by atoms with van der Waals surface area (Å²) in [7, 11) is 0. The predicted molar refractivity (Wildman–Crippen MR) is 94.0 cm³/mol. The van der Waals surface area contributed by atoms with Crippen LogP contribution >= 0.6 is 0 Å². The third-order valence-corrected chi connectivity index (χ3v) is 4.19. The van der Waals surface area contributed by atoms with Gasteiger partial charge in [0.1, 0.15) is 19.0 Å². The molecule has 5 nitrogen and oxygen atoms in total. The van der Waals surface area contributed by atoms with Gasteiger partial charge in [-0.1, -0.05) is 6.07 Å². The van der Waals surface area contributed by atoms with Crippen LogP contribution in [-0.2, 0) is 4.79 Å². The van der Waals surface area contributed by atoms with Crippen LogP contribution in [0.5, 0.6) is 11.5 Å². The molecule has 1 unspecified atom stereocenters. The number of benzene rings is 2. The molecule has 26 heavy (non-hydrogen) atoms. The second-order valence-corrected chi connectivity index (χ2v) is 6.12. The van der Waals surface area contributed by atoms with Crippen LogP contribution < -0.4 is 14.8 Å². The van der Waals surface area contributed by atoms with Gasteiger partial charge in [-0.25, -0.2) is 4.39 Å². The van der Waals surface area contributed by atoms with Crippen molar-refractivity contribution in [1.82, 2.24) is 5.32 Å². The maximum atomic E-state index is 12.9. The number of halogens is 1. The number of carbonyl (C=O) groups excluding carboxylic acids is 2. The lowest BCUT2D eigenvalue weighted by Crippen LogP contribution is -2.27. The minimum atomic E-state index is -0.396. The summed E-state index contributed by atoms with van der Waals surface area (Å²) >= 11 is 0. The molecule has 1 heterocycles. The molecular formula is C20H20FNO4. The Morgan fingerprint density at radius 2 is 1.73 bits per heavy atom. The first-order chi connectivity index (χ1) is 12.5. The molecule has 2 aromatic rings. The third kappa shape index (κ3) is 4.39. The highest BCUT2D eigenvalue weighted by Gasteiger charge is 2.16. The van der Waals surface area contributed by atoms with Crippen molar-refractivity contribution in [3.63, 3.8) is 0 Å². The average molecular weight is 357 g/mol. The van der Waals surface area contributed by atoms with Crippen LogP contribution in [0.1, 0.15) is 41.7 Å². The number of ether oxygens (including phenoxy) is 2. The Balaban J connectivity index is 1.52. The van der Waals surface area contributed by atoms with E-state index in [2.05, 4.69) is 5.32 Å². The highest BCUT2D eigenvalue weighted by atomic mass is 19.1. The molecule has 0 radical (unpaired) electrons. The van der Waals surface area contributed by atoms with E-state index in [1.54, 1.807) is 0 Å². The fraction of sp³-hybridized carbons (Fsp3) is 0.300. The second kappa shape index (κ2) is 7.99. The van der Waals surface area contributed by atoms with E-state index in [0.29, 0.717) is 30.3 Å². The topological polar surface area (TPSA) is 64.6 Å². The molecule has 1 atom stereocenters. The molecule has 6 heteroatoms. The van der Waals surface area contributed by atoms with Crippen LogP contribution in [0.2, 0.25) is 0 Å². The molecule has 0 aliphatic carbocycles. The molecular weight excluding hydrogens is 337 g/mol. The fourth-order valence-corrected chi connectivity index (χ4v) is 2.73. The SMILES string of the molecule is CC(NC(=O)CCC(=O)c1ccc(F)cc1)c1ccc2c(c1)OCCO2.